The smallest absolute Gasteiger partial charge is 0.222 e. The molecule has 2 aliphatic rings. The molecule has 2 fully saturated rings. The first-order valence-corrected chi connectivity index (χ1v) is 8.52. The molecule has 116 valence electrons. The molecule has 0 unspecified atom stereocenters. The Labute approximate surface area is 129 Å². The molecule has 1 amide bonds. The van der Waals surface area contributed by atoms with Crippen molar-refractivity contribution in [3.63, 3.8) is 0 Å². The van der Waals surface area contributed by atoms with Crippen molar-refractivity contribution in [1.82, 2.24) is 9.88 Å². The fourth-order valence-electron chi connectivity index (χ4n) is 3.58. The Balaban J connectivity index is 1.69. The predicted molar refractivity (Wildman–Crippen MR) is 83.7 cm³/mol. The van der Waals surface area contributed by atoms with Gasteiger partial charge in [0.05, 0.1) is 6.61 Å². The summed E-state index contributed by atoms with van der Waals surface area (Å²) in [6.07, 6.45) is 5.96. The minimum absolute atomic E-state index is 0.242. The molecule has 0 radical (unpaired) electrons. The summed E-state index contributed by atoms with van der Waals surface area (Å²) in [4.78, 5) is 20.9. The molecule has 6 heteroatoms. The zero-order chi connectivity index (χ0) is 14.7. The molecule has 1 spiro atoms. The van der Waals surface area contributed by atoms with Crippen molar-refractivity contribution < 1.29 is 9.53 Å². The van der Waals surface area contributed by atoms with Crippen molar-refractivity contribution >= 4 is 22.4 Å². The van der Waals surface area contributed by atoms with Crippen LogP contribution in [0.4, 0.5) is 5.13 Å². The molecule has 1 atom stereocenters. The maximum atomic E-state index is 12.1. The van der Waals surface area contributed by atoms with Crippen LogP contribution in [-0.2, 0) is 9.53 Å². The maximum absolute atomic E-state index is 12.1. The van der Waals surface area contributed by atoms with E-state index in [0.717, 1.165) is 31.2 Å². The van der Waals surface area contributed by atoms with Crippen LogP contribution in [0.3, 0.4) is 0 Å². The quantitative estimate of drug-likeness (QED) is 0.853. The van der Waals surface area contributed by atoms with Crippen LogP contribution < -0.4 is 4.90 Å². The number of carbonyl (C=O) groups excluding carboxylic acids is 1. The van der Waals surface area contributed by atoms with Gasteiger partial charge in [-0.15, -0.1) is 11.3 Å². The molecule has 3 rings (SSSR count). The number of ether oxygens (including phenoxy) is 1. The van der Waals surface area contributed by atoms with Gasteiger partial charge < -0.3 is 14.5 Å². The predicted octanol–water partition coefficient (Wildman–Crippen LogP) is 2.00. The summed E-state index contributed by atoms with van der Waals surface area (Å²) in [5, 5.41) is 3.15. The molecule has 5 nitrogen and oxygen atoms in total. The van der Waals surface area contributed by atoms with Gasteiger partial charge >= 0.3 is 0 Å². The summed E-state index contributed by atoms with van der Waals surface area (Å²) in [7, 11) is 1.69. The second kappa shape index (κ2) is 6.32. The lowest BCUT2D eigenvalue weighted by atomic mass is 9.73. The van der Waals surface area contributed by atoms with Gasteiger partial charge in [0.15, 0.2) is 5.13 Å². The highest BCUT2D eigenvalue weighted by Crippen LogP contribution is 2.40. The van der Waals surface area contributed by atoms with E-state index >= 15 is 0 Å². The van der Waals surface area contributed by atoms with Crippen molar-refractivity contribution in [3.8, 4) is 0 Å². The lowest BCUT2D eigenvalue weighted by Gasteiger charge is -2.48. The number of amides is 1. The Bertz CT molecular complexity index is 479. The SMILES string of the molecule is COCCN1C[C@@]2(CCCN(c3nccs3)C2)CCC1=O. The summed E-state index contributed by atoms with van der Waals surface area (Å²) in [6.45, 7) is 4.32. The summed E-state index contributed by atoms with van der Waals surface area (Å²) in [5.74, 6) is 0.282. The summed E-state index contributed by atoms with van der Waals surface area (Å²) >= 11 is 1.71. The van der Waals surface area contributed by atoms with Crippen LogP contribution in [0.25, 0.3) is 0 Å². The first kappa shape index (κ1) is 14.8. The molecule has 0 aliphatic carbocycles. The number of thiazole rings is 1. The van der Waals surface area contributed by atoms with Crippen LogP contribution in [0.5, 0.6) is 0 Å². The Morgan fingerprint density at radius 1 is 1.43 bits per heavy atom. The van der Waals surface area contributed by atoms with Gasteiger partial charge in [-0.25, -0.2) is 4.98 Å². The van der Waals surface area contributed by atoms with Gasteiger partial charge in [-0.3, -0.25) is 4.79 Å². The van der Waals surface area contributed by atoms with E-state index in [-0.39, 0.29) is 11.3 Å². The highest BCUT2D eigenvalue weighted by Gasteiger charge is 2.41. The van der Waals surface area contributed by atoms with E-state index in [1.165, 1.54) is 12.8 Å². The van der Waals surface area contributed by atoms with Gasteiger partial charge in [0.2, 0.25) is 5.91 Å². The average molecular weight is 309 g/mol. The molecule has 1 aromatic rings. The molecule has 1 aromatic heterocycles. The third-order valence-electron chi connectivity index (χ3n) is 4.66. The van der Waals surface area contributed by atoms with Crippen molar-refractivity contribution in [3.05, 3.63) is 11.6 Å². The van der Waals surface area contributed by atoms with Crippen LogP contribution in [0.15, 0.2) is 11.6 Å². The second-order valence-electron chi connectivity index (χ2n) is 6.15. The van der Waals surface area contributed by atoms with Crippen LogP contribution >= 0.6 is 11.3 Å². The van der Waals surface area contributed by atoms with Gasteiger partial charge in [0.25, 0.3) is 0 Å². The van der Waals surface area contributed by atoms with E-state index in [4.69, 9.17) is 4.74 Å². The molecule has 0 aromatic carbocycles. The van der Waals surface area contributed by atoms with Crippen molar-refractivity contribution in [2.45, 2.75) is 25.7 Å². The molecule has 21 heavy (non-hydrogen) atoms. The number of methoxy groups -OCH3 is 1. The zero-order valence-corrected chi connectivity index (χ0v) is 13.4. The van der Waals surface area contributed by atoms with Gasteiger partial charge in [0.1, 0.15) is 0 Å². The van der Waals surface area contributed by atoms with E-state index in [0.29, 0.717) is 19.6 Å². The molecule has 0 saturated carbocycles. The number of likely N-dealkylation sites (tertiary alicyclic amines) is 1. The van der Waals surface area contributed by atoms with E-state index in [1.54, 1.807) is 18.4 Å². The number of hydrogen-bond acceptors (Lipinski definition) is 5. The van der Waals surface area contributed by atoms with E-state index < -0.39 is 0 Å². The molecule has 3 heterocycles. The van der Waals surface area contributed by atoms with Crippen LogP contribution in [0.2, 0.25) is 0 Å². The fourth-order valence-corrected chi connectivity index (χ4v) is 4.25. The molecule has 0 bridgehead atoms. The van der Waals surface area contributed by atoms with Crippen molar-refractivity contribution in [2.75, 3.05) is 44.8 Å². The lowest BCUT2D eigenvalue weighted by molar-refractivity contribution is -0.138. The number of anilines is 1. The Morgan fingerprint density at radius 2 is 2.33 bits per heavy atom. The van der Waals surface area contributed by atoms with E-state index in [2.05, 4.69) is 9.88 Å². The molecule has 0 N–H and O–H groups in total. The van der Waals surface area contributed by atoms with E-state index in [9.17, 15) is 4.79 Å². The number of piperidine rings is 2. The number of rotatable bonds is 4. The number of carbonyl (C=O) groups is 1. The fraction of sp³-hybridized carbons (Fsp3) is 0.733. The molecule has 2 saturated heterocycles. The Hall–Kier alpha value is -1.14. The lowest BCUT2D eigenvalue weighted by Crippen LogP contribution is -2.54. The van der Waals surface area contributed by atoms with E-state index in [1.807, 2.05) is 16.5 Å². The van der Waals surface area contributed by atoms with Crippen LogP contribution in [0, 0.1) is 5.41 Å². The minimum atomic E-state index is 0.242. The maximum Gasteiger partial charge on any atom is 0.222 e. The molecular weight excluding hydrogens is 286 g/mol. The van der Waals surface area contributed by atoms with Crippen LogP contribution in [-0.4, -0.2) is 55.7 Å². The monoisotopic (exact) mass is 309 g/mol. The van der Waals surface area contributed by atoms with Crippen LogP contribution in [0.1, 0.15) is 25.7 Å². The molecular formula is C15H23N3O2S. The summed E-state index contributed by atoms with van der Waals surface area (Å²) in [6, 6.07) is 0. The van der Waals surface area contributed by atoms with Crippen molar-refractivity contribution in [2.24, 2.45) is 5.41 Å². The van der Waals surface area contributed by atoms with Gasteiger partial charge in [-0.2, -0.15) is 0 Å². The average Bonchev–Trinajstić information content (AvgIpc) is 3.03. The highest BCUT2D eigenvalue weighted by molar-refractivity contribution is 7.13. The van der Waals surface area contributed by atoms with Gasteiger partial charge in [-0.1, -0.05) is 0 Å². The Morgan fingerprint density at radius 3 is 3.10 bits per heavy atom. The van der Waals surface area contributed by atoms with Crippen molar-refractivity contribution in [1.29, 1.82) is 0 Å². The summed E-state index contributed by atoms with van der Waals surface area (Å²) in [5.41, 5.74) is 0.242. The standard InChI is InChI=1S/C15H23N3O2S/c1-20-9-8-17-11-15(5-3-13(17)19)4-2-7-18(12-15)14-16-6-10-21-14/h6,10H,2-5,7-9,11-12H2,1H3/t15-/m1/s1. The zero-order valence-electron chi connectivity index (χ0n) is 12.6. The van der Waals surface area contributed by atoms with Gasteiger partial charge in [0, 0.05) is 56.7 Å². The first-order valence-electron chi connectivity index (χ1n) is 7.64. The number of nitrogens with zero attached hydrogens (tertiary/aromatic N) is 3. The number of hydrogen-bond donors (Lipinski definition) is 0. The Kier molecular flexibility index (Phi) is 4.45. The normalized spacial score (nSPS) is 26.6. The largest absolute Gasteiger partial charge is 0.383 e. The minimum Gasteiger partial charge on any atom is -0.383 e. The second-order valence-corrected chi connectivity index (χ2v) is 7.02. The third-order valence-corrected chi connectivity index (χ3v) is 5.50. The highest BCUT2D eigenvalue weighted by atomic mass is 32.1. The summed E-state index contributed by atoms with van der Waals surface area (Å²) < 4.78 is 5.14. The number of aromatic nitrogens is 1. The first-order chi connectivity index (χ1) is 10.2. The van der Waals surface area contributed by atoms with Gasteiger partial charge in [-0.05, 0) is 19.3 Å². The third kappa shape index (κ3) is 3.21. The molecule has 2 aliphatic heterocycles. The topological polar surface area (TPSA) is 45.7 Å².